The Morgan fingerprint density at radius 2 is 1.58 bits per heavy atom. The number of amides is 3. The predicted octanol–water partition coefficient (Wildman–Crippen LogP) is 4.57. The largest absolute Gasteiger partial charge is 0.465 e. The summed E-state index contributed by atoms with van der Waals surface area (Å²) in [4.78, 5) is 51.5. The minimum Gasteiger partial charge on any atom is -0.465 e. The summed E-state index contributed by atoms with van der Waals surface area (Å²) in [6.45, 7) is 1.95. The second kappa shape index (κ2) is 9.49. The van der Waals surface area contributed by atoms with Crippen LogP contribution in [0.1, 0.15) is 57.3 Å². The molecule has 1 aliphatic heterocycles. The van der Waals surface area contributed by atoms with Gasteiger partial charge in [-0.1, -0.05) is 43.0 Å². The number of unbranched alkanes of at least 4 members (excludes halogenated alkanes) is 1. The molecule has 9 heteroatoms. The highest BCUT2D eigenvalue weighted by atomic mass is 35.5. The van der Waals surface area contributed by atoms with Gasteiger partial charge in [-0.2, -0.15) is 0 Å². The van der Waals surface area contributed by atoms with Gasteiger partial charge in [0, 0.05) is 5.69 Å². The molecule has 1 atom stereocenters. The molecule has 1 heterocycles. The number of carbonyl (C=O) groups is 4. The summed E-state index contributed by atoms with van der Waals surface area (Å²) in [5.74, 6) is -2.18. The van der Waals surface area contributed by atoms with Crippen LogP contribution >= 0.6 is 23.2 Å². The van der Waals surface area contributed by atoms with Crippen molar-refractivity contribution < 1.29 is 23.9 Å². The summed E-state index contributed by atoms with van der Waals surface area (Å²) >= 11 is 12.0. The normalized spacial score (nSPS) is 13.7. The molecule has 162 valence electrons. The van der Waals surface area contributed by atoms with Crippen molar-refractivity contribution in [3.63, 3.8) is 0 Å². The second-order valence-electron chi connectivity index (χ2n) is 7.01. The van der Waals surface area contributed by atoms with Gasteiger partial charge in [-0.15, -0.1) is 0 Å². The SMILES string of the molecule is CCCCC(C(=O)Nc1ccc(C(=O)OC)cc1)N1C(=O)c2cc(Cl)c(Cl)cc2C1=O. The van der Waals surface area contributed by atoms with Crippen molar-refractivity contribution in [2.75, 3.05) is 12.4 Å². The molecule has 0 aliphatic carbocycles. The van der Waals surface area contributed by atoms with Gasteiger partial charge in [0.05, 0.1) is 33.8 Å². The van der Waals surface area contributed by atoms with Crippen LogP contribution in [0.25, 0.3) is 0 Å². The number of esters is 1. The van der Waals surface area contributed by atoms with E-state index < -0.39 is 29.7 Å². The van der Waals surface area contributed by atoms with Crippen LogP contribution in [0.2, 0.25) is 10.0 Å². The fourth-order valence-corrected chi connectivity index (χ4v) is 3.67. The van der Waals surface area contributed by atoms with E-state index in [1.807, 2.05) is 6.92 Å². The number of hydrogen-bond acceptors (Lipinski definition) is 5. The number of carbonyl (C=O) groups excluding carboxylic acids is 4. The van der Waals surface area contributed by atoms with Crippen LogP contribution in [0.3, 0.4) is 0 Å². The van der Waals surface area contributed by atoms with Crippen molar-refractivity contribution in [3.05, 3.63) is 63.1 Å². The van der Waals surface area contributed by atoms with Crippen LogP contribution in [-0.2, 0) is 9.53 Å². The molecule has 0 radical (unpaired) electrons. The maximum absolute atomic E-state index is 13.1. The van der Waals surface area contributed by atoms with E-state index in [0.29, 0.717) is 24.1 Å². The van der Waals surface area contributed by atoms with Crippen molar-refractivity contribution in [1.29, 1.82) is 0 Å². The number of fused-ring (bicyclic) bond motifs is 1. The molecule has 0 saturated heterocycles. The van der Waals surface area contributed by atoms with Crippen molar-refractivity contribution >= 4 is 52.6 Å². The first-order chi connectivity index (χ1) is 14.8. The lowest BCUT2D eigenvalue weighted by Crippen LogP contribution is -2.47. The van der Waals surface area contributed by atoms with E-state index in [4.69, 9.17) is 23.2 Å². The first-order valence-electron chi connectivity index (χ1n) is 9.64. The molecule has 1 unspecified atom stereocenters. The van der Waals surface area contributed by atoms with Gasteiger partial charge in [-0.05, 0) is 42.8 Å². The number of methoxy groups -OCH3 is 1. The molecule has 7 nitrogen and oxygen atoms in total. The molecule has 31 heavy (non-hydrogen) atoms. The van der Waals surface area contributed by atoms with Gasteiger partial charge in [0.25, 0.3) is 11.8 Å². The zero-order valence-electron chi connectivity index (χ0n) is 16.9. The maximum Gasteiger partial charge on any atom is 0.337 e. The first-order valence-corrected chi connectivity index (χ1v) is 10.4. The van der Waals surface area contributed by atoms with Crippen molar-refractivity contribution in [2.24, 2.45) is 0 Å². The molecule has 2 aromatic rings. The summed E-state index contributed by atoms with van der Waals surface area (Å²) in [5.41, 5.74) is 0.992. The second-order valence-corrected chi connectivity index (χ2v) is 7.82. The van der Waals surface area contributed by atoms with Crippen LogP contribution in [0.5, 0.6) is 0 Å². The molecule has 0 saturated carbocycles. The molecule has 0 spiro atoms. The van der Waals surface area contributed by atoms with E-state index in [-0.39, 0.29) is 21.2 Å². The summed E-state index contributed by atoms with van der Waals surface area (Å²) in [6, 6.07) is 7.79. The number of hydrogen-bond donors (Lipinski definition) is 1. The van der Waals surface area contributed by atoms with Crippen LogP contribution in [0.4, 0.5) is 5.69 Å². The quantitative estimate of drug-likeness (QED) is 0.480. The van der Waals surface area contributed by atoms with Gasteiger partial charge in [-0.25, -0.2) is 4.79 Å². The summed E-state index contributed by atoms with van der Waals surface area (Å²) in [5, 5.41) is 3.03. The zero-order valence-corrected chi connectivity index (χ0v) is 18.4. The summed E-state index contributed by atoms with van der Waals surface area (Å²) in [7, 11) is 1.28. The number of nitrogens with zero attached hydrogens (tertiary/aromatic N) is 1. The third kappa shape index (κ3) is 4.57. The minimum absolute atomic E-state index is 0.121. The van der Waals surface area contributed by atoms with E-state index in [1.165, 1.54) is 31.4 Å². The number of imide groups is 1. The third-order valence-corrected chi connectivity index (χ3v) is 5.70. The average Bonchev–Trinajstić information content (AvgIpc) is 2.99. The lowest BCUT2D eigenvalue weighted by Gasteiger charge is -2.25. The van der Waals surface area contributed by atoms with E-state index >= 15 is 0 Å². The zero-order chi connectivity index (χ0) is 22.7. The Kier molecular flexibility index (Phi) is 6.97. The maximum atomic E-state index is 13.1. The summed E-state index contributed by atoms with van der Waals surface area (Å²) in [6.07, 6.45) is 1.71. The Morgan fingerprint density at radius 3 is 2.06 bits per heavy atom. The number of ether oxygens (including phenoxy) is 1. The topological polar surface area (TPSA) is 92.8 Å². The van der Waals surface area contributed by atoms with Gasteiger partial charge in [0.2, 0.25) is 5.91 Å². The van der Waals surface area contributed by atoms with Crippen molar-refractivity contribution in [2.45, 2.75) is 32.2 Å². The van der Waals surface area contributed by atoms with E-state index in [1.54, 1.807) is 12.1 Å². The Hall–Kier alpha value is -2.90. The highest BCUT2D eigenvalue weighted by molar-refractivity contribution is 6.43. The Balaban J connectivity index is 1.86. The lowest BCUT2D eigenvalue weighted by molar-refractivity contribution is -0.120. The van der Waals surface area contributed by atoms with Gasteiger partial charge in [0.1, 0.15) is 6.04 Å². The highest BCUT2D eigenvalue weighted by Gasteiger charge is 2.43. The molecular weight excluding hydrogens is 443 g/mol. The van der Waals surface area contributed by atoms with Crippen molar-refractivity contribution in [3.8, 4) is 0 Å². The predicted molar refractivity (Wildman–Crippen MR) is 117 cm³/mol. The summed E-state index contributed by atoms with van der Waals surface area (Å²) < 4.78 is 4.65. The number of halogens is 2. The van der Waals surface area contributed by atoms with Crippen LogP contribution in [-0.4, -0.2) is 41.7 Å². The molecule has 1 N–H and O–H groups in total. The molecule has 0 bridgehead atoms. The Labute approximate surface area is 189 Å². The highest BCUT2D eigenvalue weighted by Crippen LogP contribution is 2.33. The van der Waals surface area contributed by atoms with E-state index in [2.05, 4.69) is 10.1 Å². The lowest BCUT2D eigenvalue weighted by atomic mass is 10.1. The Bertz CT molecular complexity index is 1010. The van der Waals surface area contributed by atoms with Crippen LogP contribution in [0, 0.1) is 0 Å². The van der Waals surface area contributed by atoms with Crippen molar-refractivity contribution in [1.82, 2.24) is 4.90 Å². The average molecular weight is 463 g/mol. The van der Waals surface area contributed by atoms with Gasteiger partial charge >= 0.3 is 5.97 Å². The van der Waals surface area contributed by atoms with E-state index in [0.717, 1.165) is 11.3 Å². The van der Waals surface area contributed by atoms with Gasteiger partial charge < -0.3 is 10.1 Å². The fraction of sp³-hybridized carbons (Fsp3) is 0.273. The van der Waals surface area contributed by atoms with E-state index in [9.17, 15) is 19.2 Å². The third-order valence-electron chi connectivity index (χ3n) is 4.98. The number of benzene rings is 2. The molecule has 0 aromatic heterocycles. The van der Waals surface area contributed by atoms with Gasteiger partial charge in [0.15, 0.2) is 0 Å². The smallest absolute Gasteiger partial charge is 0.337 e. The fourth-order valence-electron chi connectivity index (χ4n) is 3.34. The standard InChI is InChI=1S/C22H20Cl2N2O5/c1-3-4-5-18(19(27)25-13-8-6-12(7-9-13)22(30)31-2)26-20(28)14-10-16(23)17(24)11-15(14)21(26)29/h6-11,18H,3-5H2,1-2H3,(H,25,27). The number of anilines is 1. The number of nitrogens with one attached hydrogen (secondary N) is 1. The van der Waals surface area contributed by atoms with Crippen LogP contribution in [0.15, 0.2) is 36.4 Å². The molecule has 2 aromatic carbocycles. The molecule has 1 aliphatic rings. The molecular formula is C22H20Cl2N2O5. The Morgan fingerprint density at radius 1 is 1.03 bits per heavy atom. The molecule has 3 rings (SSSR count). The van der Waals surface area contributed by atoms with Crippen LogP contribution < -0.4 is 5.32 Å². The monoisotopic (exact) mass is 462 g/mol. The minimum atomic E-state index is -1.01. The molecule has 0 fully saturated rings. The number of rotatable bonds is 7. The molecule has 3 amide bonds. The van der Waals surface area contributed by atoms with Gasteiger partial charge in [-0.3, -0.25) is 19.3 Å². The first kappa shape index (κ1) is 22.8.